The summed E-state index contributed by atoms with van der Waals surface area (Å²) < 4.78 is 5.23. The molecular weight excluding hydrogens is 342 g/mol. The molecule has 0 spiro atoms. The summed E-state index contributed by atoms with van der Waals surface area (Å²) in [5, 5.41) is 2.66. The van der Waals surface area contributed by atoms with Crippen molar-refractivity contribution >= 4 is 23.4 Å². The molecular formula is C22H21NO2S. The minimum atomic E-state index is -0.342. The number of ether oxygens (including phenoxy) is 1. The van der Waals surface area contributed by atoms with Crippen LogP contribution in [0.25, 0.3) is 0 Å². The molecule has 1 atom stereocenters. The molecule has 4 heteroatoms. The third kappa shape index (κ3) is 4.67. The number of nitrogens with one attached hydrogen (secondary N) is 1. The monoisotopic (exact) mass is 363 g/mol. The van der Waals surface area contributed by atoms with E-state index in [1.54, 1.807) is 18.9 Å². The third-order valence-corrected chi connectivity index (χ3v) is 5.22. The third-order valence-electron chi connectivity index (χ3n) is 3.95. The molecule has 0 aromatic heterocycles. The standard InChI is InChI=1S/C22H21NO2S/c1-16-11-13-20(14-12-16)26-21(17-7-4-3-5-8-17)22(24)23-18-9-6-10-19(15-18)25-2/h3-15,21H,1-2H3,(H,23,24)/t21-/m0/s1. The van der Waals surface area contributed by atoms with E-state index in [1.165, 1.54) is 5.56 Å². The van der Waals surface area contributed by atoms with E-state index in [1.807, 2.05) is 54.6 Å². The molecule has 0 fully saturated rings. The van der Waals surface area contributed by atoms with Crippen molar-refractivity contribution in [2.45, 2.75) is 17.1 Å². The molecule has 0 saturated carbocycles. The number of hydrogen-bond donors (Lipinski definition) is 1. The second-order valence-electron chi connectivity index (χ2n) is 5.94. The van der Waals surface area contributed by atoms with Crippen LogP contribution in [0.2, 0.25) is 0 Å². The first-order chi connectivity index (χ1) is 12.7. The molecule has 3 rings (SSSR count). The Morgan fingerprint density at radius 3 is 2.38 bits per heavy atom. The van der Waals surface area contributed by atoms with Gasteiger partial charge in [0.25, 0.3) is 0 Å². The molecule has 132 valence electrons. The summed E-state index contributed by atoms with van der Waals surface area (Å²) in [6, 6.07) is 25.4. The predicted octanol–water partition coefficient (Wildman–Crippen LogP) is 5.48. The first kappa shape index (κ1) is 18.1. The van der Waals surface area contributed by atoms with Gasteiger partial charge in [0.15, 0.2) is 0 Å². The predicted molar refractivity (Wildman–Crippen MR) is 108 cm³/mol. The molecule has 0 radical (unpaired) electrons. The maximum absolute atomic E-state index is 13.0. The topological polar surface area (TPSA) is 38.3 Å². The van der Waals surface area contributed by atoms with Crippen molar-refractivity contribution in [3.8, 4) is 5.75 Å². The Hall–Kier alpha value is -2.72. The first-order valence-corrected chi connectivity index (χ1v) is 9.27. The minimum Gasteiger partial charge on any atom is -0.497 e. The Bertz CT molecular complexity index is 863. The van der Waals surface area contributed by atoms with Crippen LogP contribution in [0.3, 0.4) is 0 Å². The quantitative estimate of drug-likeness (QED) is 0.590. The average molecular weight is 363 g/mol. The number of rotatable bonds is 6. The number of carbonyl (C=O) groups is 1. The van der Waals surface area contributed by atoms with Crippen LogP contribution in [0.4, 0.5) is 5.69 Å². The number of anilines is 1. The van der Waals surface area contributed by atoms with Gasteiger partial charge >= 0.3 is 0 Å². The van der Waals surface area contributed by atoms with Gasteiger partial charge in [0.05, 0.1) is 7.11 Å². The molecule has 0 bridgehead atoms. The Morgan fingerprint density at radius 1 is 0.962 bits per heavy atom. The zero-order valence-electron chi connectivity index (χ0n) is 14.8. The molecule has 3 aromatic carbocycles. The highest BCUT2D eigenvalue weighted by molar-refractivity contribution is 8.00. The van der Waals surface area contributed by atoms with Gasteiger partial charge in [-0.15, -0.1) is 11.8 Å². The van der Waals surface area contributed by atoms with Gasteiger partial charge < -0.3 is 10.1 Å². The summed E-state index contributed by atoms with van der Waals surface area (Å²) in [7, 11) is 1.61. The van der Waals surface area contributed by atoms with Gasteiger partial charge in [-0.2, -0.15) is 0 Å². The normalized spacial score (nSPS) is 11.6. The van der Waals surface area contributed by atoms with Crippen LogP contribution in [-0.4, -0.2) is 13.0 Å². The molecule has 0 aliphatic carbocycles. The zero-order valence-corrected chi connectivity index (χ0v) is 15.6. The SMILES string of the molecule is COc1cccc(NC(=O)[C@@H](Sc2ccc(C)cc2)c2ccccc2)c1. The van der Waals surface area contributed by atoms with Crippen LogP contribution in [-0.2, 0) is 4.79 Å². The van der Waals surface area contributed by atoms with Gasteiger partial charge in [-0.25, -0.2) is 0 Å². The van der Waals surface area contributed by atoms with E-state index in [0.717, 1.165) is 16.1 Å². The largest absolute Gasteiger partial charge is 0.497 e. The molecule has 0 unspecified atom stereocenters. The number of aryl methyl sites for hydroxylation is 1. The van der Waals surface area contributed by atoms with Gasteiger partial charge in [0.1, 0.15) is 11.0 Å². The Balaban J connectivity index is 1.84. The molecule has 3 nitrogen and oxygen atoms in total. The first-order valence-electron chi connectivity index (χ1n) is 8.39. The van der Waals surface area contributed by atoms with Gasteiger partial charge in [-0.05, 0) is 36.8 Å². The Morgan fingerprint density at radius 2 is 1.69 bits per heavy atom. The fourth-order valence-electron chi connectivity index (χ4n) is 2.56. The number of thioether (sulfide) groups is 1. The van der Waals surface area contributed by atoms with Crippen LogP contribution < -0.4 is 10.1 Å². The van der Waals surface area contributed by atoms with Crippen molar-refractivity contribution < 1.29 is 9.53 Å². The van der Waals surface area contributed by atoms with E-state index in [4.69, 9.17) is 4.74 Å². The van der Waals surface area contributed by atoms with Gasteiger partial charge in [-0.3, -0.25) is 4.79 Å². The number of amides is 1. The fraction of sp³-hybridized carbons (Fsp3) is 0.136. The number of hydrogen-bond acceptors (Lipinski definition) is 3. The lowest BCUT2D eigenvalue weighted by Gasteiger charge is -2.17. The second-order valence-corrected chi connectivity index (χ2v) is 7.12. The second kappa shape index (κ2) is 8.59. The van der Waals surface area contributed by atoms with E-state index in [9.17, 15) is 4.79 Å². The van der Waals surface area contributed by atoms with E-state index >= 15 is 0 Å². The van der Waals surface area contributed by atoms with E-state index in [2.05, 4.69) is 36.5 Å². The van der Waals surface area contributed by atoms with Crippen LogP contribution in [0.5, 0.6) is 5.75 Å². The number of carbonyl (C=O) groups excluding carboxylic acids is 1. The lowest BCUT2D eigenvalue weighted by Crippen LogP contribution is -2.19. The fourth-order valence-corrected chi connectivity index (χ4v) is 3.59. The Labute approximate surface area is 158 Å². The van der Waals surface area contributed by atoms with Crippen molar-refractivity contribution in [2.75, 3.05) is 12.4 Å². The molecule has 3 aromatic rings. The van der Waals surface area contributed by atoms with Gasteiger partial charge in [0, 0.05) is 16.6 Å². The number of benzene rings is 3. The molecule has 0 aliphatic heterocycles. The maximum Gasteiger partial charge on any atom is 0.242 e. The van der Waals surface area contributed by atoms with Crippen LogP contribution >= 0.6 is 11.8 Å². The molecule has 1 amide bonds. The van der Waals surface area contributed by atoms with Crippen molar-refractivity contribution in [3.05, 3.63) is 90.0 Å². The van der Waals surface area contributed by atoms with E-state index < -0.39 is 0 Å². The van der Waals surface area contributed by atoms with Crippen molar-refractivity contribution in [3.63, 3.8) is 0 Å². The van der Waals surface area contributed by atoms with Crippen LogP contribution in [0.1, 0.15) is 16.4 Å². The number of methoxy groups -OCH3 is 1. The lowest BCUT2D eigenvalue weighted by molar-refractivity contribution is -0.115. The van der Waals surface area contributed by atoms with Crippen molar-refractivity contribution in [1.82, 2.24) is 0 Å². The molecule has 26 heavy (non-hydrogen) atoms. The van der Waals surface area contributed by atoms with Gasteiger partial charge in [0.2, 0.25) is 5.91 Å². The van der Waals surface area contributed by atoms with Gasteiger partial charge in [-0.1, -0.05) is 54.1 Å². The average Bonchev–Trinajstić information content (AvgIpc) is 2.68. The summed E-state index contributed by atoms with van der Waals surface area (Å²) in [4.78, 5) is 14.1. The van der Waals surface area contributed by atoms with E-state index in [-0.39, 0.29) is 11.2 Å². The lowest BCUT2D eigenvalue weighted by atomic mass is 10.1. The highest BCUT2D eigenvalue weighted by atomic mass is 32.2. The molecule has 0 saturated heterocycles. The van der Waals surface area contributed by atoms with Crippen molar-refractivity contribution in [2.24, 2.45) is 0 Å². The summed E-state index contributed by atoms with van der Waals surface area (Å²) in [6.45, 7) is 2.05. The highest BCUT2D eigenvalue weighted by Crippen LogP contribution is 2.36. The molecule has 0 aliphatic rings. The smallest absolute Gasteiger partial charge is 0.242 e. The summed E-state index contributed by atoms with van der Waals surface area (Å²) >= 11 is 1.54. The van der Waals surface area contributed by atoms with Crippen LogP contribution in [0.15, 0.2) is 83.8 Å². The maximum atomic E-state index is 13.0. The highest BCUT2D eigenvalue weighted by Gasteiger charge is 2.22. The Kier molecular flexibility index (Phi) is 5.97. The summed E-state index contributed by atoms with van der Waals surface area (Å²) in [5.74, 6) is 0.653. The zero-order chi connectivity index (χ0) is 18.4. The minimum absolute atomic E-state index is 0.0602. The summed E-state index contributed by atoms with van der Waals surface area (Å²) in [6.07, 6.45) is 0. The molecule has 0 heterocycles. The van der Waals surface area contributed by atoms with Crippen LogP contribution in [0, 0.1) is 6.92 Å². The molecule has 1 N–H and O–H groups in total. The van der Waals surface area contributed by atoms with E-state index in [0.29, 0.717) is 5.75 Å². The van der Waals surface area contributed by atoms with Crippen molar-refractivity contribution in [1.29, 1.82) is 0 Å². The summed E-state index contributed by atoms with van der Waals surface area (Å²) in [5.41, 5.74) is 2.89.